The van der Waals surface area contributed by atoms with Crippen LogP contribution in [0.3, 0.4) is 0 Å². The number of carbonyl (C=O) groups is 1. The fraction of sp³-hybridized carbons (Fsp3) is 0.654. The smallest absolute Gasteiger partial charge is 0.306 e. The van der Waals surface area contributed by atoms with Gasteiger partial charge in [-0.25, -0.2) is 4.39 Å². The van der Waals surface area contributed by atoms with Crippen molar-refractivity contribution in [1.29, 1.82) is 0 Å². The molecule has 190 valence electrons. The van der Waals surface area contributed by atoms with E-state index in [1.165, 1.54) is 18.2 Å². The highest BCUT2D eigenvalue weighted by molar-refractivity contribution is 5.69. The van der Waals surface area contributed by atoms with E-state index < -0.39 is 23.8 Å². The molecule has 0 radical (unpaired) electrons. The molecule has 34 heavy (non-hydrogen) atoms. The topological polar surface area (TPSA) is 85.2 Å². The number of esters is 1. The summed E-state index contributed by atoms with van der Waals surface area (Å²) in [4.78, 5) is 11.7. The quantitative estimate of drug-likeness (QED) is 0.385. The summed E-state index contributed by atoms with van der Waals surface area (Å²) >= 11 is 0. The minimum Gasteiger partial charge on any atom is -0.487 e. The molecule has 1 heterocycles. The molecule has 0 bridgehead atoms. The van der Waals surface area contributed by atoms with Crippen LogP contribution < -0.4 is 4.74 Å². The summed E-state index contributed by atoms with van der Waals surface area (Å²) in [6.07, 6.45) is 6.02. The summed E-state index contributed by atoms with van der Waals surface area (Å²) in [7, 11) is 0. The predicted octanol–water partition coefficient (Wildman–Crippen LogP) is 4.17. The van der Waals surface area contributed by atoms with Gasteiger partial charge in [0.15, 0.2) is 11.6 Å². The summed E-state index contributed by atoms with van der Waals surface area (Å²) in [6.45, 7) is 4.06. The van der Waals surface area contributed by atoms with E-state index in [0.29, 0.717) is 25.4 Å². The molecule has 1 aromatic rings. The molecule has 3 rings (SSSR count). The van der Waals surface area contributed by atoms with Crippen LogP contribution in [-0.2, 0) is 14.3 Å². The van der Waals surface area contributed by atoms with Crippen molar-refractivity contribution in [2.45, 2.75) is 76.8 Å². The lowest BCUT2D eigenvalue weighted by Crippen LogP contribution is -2.22. The molecule has 2 fully saturated rings. The molecule has 1 saturated carbocycles. The van der Waals surface area contributed by atoms with Crippen molar-refractivity contribution >= 4 is 5.97 Å². The Labute approximate surface area is 199 Å². The van der Waals surface area contributed by atoms with Crippen molar-refractivity contribution in [2.24, 2.45) is 17.8 Å². The SMILES string of the molecule is CC(C)OC(=O)CCC[C@H]1CC[C@@H]2[C@@H](C=C[C@@H](O)COc3cccc(F)c3F)[C@H](O)C[C@@H]2OC1. The Morgan fingerprint density at radius 2 is 2.09 bits per heavy atom. The molecular formula is C26H36F2O6. The number of benzene rings is 1. The van der Waals surface area contributed by atoms with Gasteiger partial charge in [-0.2, -0.15) is 4.39 Å². The van der Waals surface area contributed by atoms with Crippen LogP contribution in [0.15, 0.2) is 30.4 Å². The lowest BCUT2D eigenvalue weighted by Gasteiger charge is -2.21. The number of hydrogen-bond acceptors (Lipinski definition) is 6. The highest BCUT2D eigenvalue weighted by Gasteiger charge is 2.43. The molecular weight excluding hydrogens is 446 g/mol. The van der Waals surface area contributed by atoms with Crippen LogP contribution in [0.25, 0.3) is 0 Å². The Balaban J connectivity index is 1.47. The van der Waals surface area contributed by atoms with E-state index in [-0.39, 0.29) is 42.4 Å². The Kier molecular flexibility index (Phi) is 9.85. The van der Waals surface area contributed by atoms with Crippen molar-refractivity contribution in [1.82, 2.24) is 0 Å². The Hall–Kier alpha value is -2.03. The zero-order valence-corrected chi connectivity index (χ0v) is 19.9. The van der Waals surface area contributed by atoms with E-state index in [2.05, 4.69) is 0 Å². The third-order valence-corrected chi connectivity index (χ3v) is 6.59. The molecule has 6 atom stereocenters. The van der Waals surface area contributed by atoms with Gasteiger partial charge in [0.25, 0.3) is 0 Å². The first kappa shape index (κ1) is 26.6. The number of carbonyl (C=O) groups excluding carboxylic acids is 1. The minimum atomic E-state index is -1.09. The molecule has 2 aliphatic rings. The standard InChI is InChI=1S/C26H36F2O6/c1-16(2)34-25(31)8-3-5-17-9-11-20-19(22(30)13-24(20)32-14-17)12-10-18(29)15-33-23-7-4-6-21(27)26(23)28/h4,6-7,10,12,16-20,22,24,29-30H,3,5,8-9,11,13-15H2,1-2H3/t17-,18+,19+,20+,22+,24-/m0/s1. The van der Waals surface area contributed by atoms with Gasteiger partial charge in [-0.05, 0) is 63.5 Å². The molecule has 1 aliphatic heterocycles. The second-order valence-corrected chi connectivity index (χ2v) is 9.61. The summed E-state index contributed by atoms with van der Waals surface area (Å²) in [6, 6.07) is 3.63. The van der Waals surface area contributed by atoms with Crippen LogP contribution >= 0.6 is 0 Å². The van der Waals surface area contributed by atoms with Crippen molar-refractivity contribution in [3.8, 4) is 5.75 Å². The van der Waals surface area contributed by atoms with E-state index >= 15 is 0 Å². The number of ether oxygens (including phenoxy) is 3. The maximum atomic E-state index is 13.7. The Morgan fingerprint density at radius 3 is 2.85 bits per heavy atom. The van der Waals surface area contributed by atoms with Gasteiger partial charge >= 0.3 is 5.97 Å². The lowest BCUT2D eigenvalue weighted by molar-refractivity contribution is -0.147. The number of fused-ring (bicyclic) bond motifs is 1. The second kappa shape index (κ2) is 12.6. The normalized spacial score (nSPS) is 28.0. The lowest BCUT2D eigenvalue weighted by atomic mass is 9.86. The van der Waals surface area contributed by atoms with Gasteiger partial charge in [-0.15, -0.1) is 0 Å². The van der Waals surface area contributed by atoms with Gasteiger partial charge in [-0.3, -0.25) is 4.79 Å². The number of halogens is 2. The van der Waals surface area contributed by atoms with Gasteiger partial charge in [0.1, 0.15) is 12.7 Å². The third-order valence-electron chi connectivity index (χ3n) is 6.59. The number of hydrogen-bond donors (Lipinski definition) is 2. The molecule has 1 aromatic carbocycles. The average molecular weight is 483 g/mol. The maximum Gasteiger partial charge on any atom is 0.306 e. The first-order chi connectivity index (χ1) is 16.2. The highest BCUT2D eigenvalue weighted by Crippen LogP contribution is 2.42. The van der Waals surface area contributed by atoms with E-state index in [1.807, 2.05) is 13.8 Å². The van der Waals surface area contributed by atoms with E-state index in [0.717, 1.165) is 31.7 Å². The first-order valence-electron chi connectivity index (χ1n) is 12.2. The zero-order chi connectivity index (χ0) is 24.7. The third kappa shape index (κ3) is 7.48. The van der Waals surface area contributed by atoms with Crippen LogP contribution in [0.2, 0.25) is 0 Å². The van der Waals surface area contributed by atoms with Gasteiger partial charge in [-0.1, -0.05) is 18.2 Å². The van der Waals surface area contributed by atoms with Crippen LogP contribution in [-0.4, -0.2) is 53.8 Å². The molecule has 2 N–H and O–H groups in total. The molecule has 0 aromatic heterocycles. The number of aliphatic hydroxyl groups is 2. The van der Waals surface area contributed by atoms with E-state index in [9.17, 15) is 23.8 Å². The van der Waals surface area contributed by atoms with Crippen LogP contribution in [0.5, 0.6) is 5.75 Å². The average Bonchev–Trinajstić information content (AvgIpc) is 2.94. The molecule has 1 aliphatic carbocycles. The van der Waals surface area contributed by atoms with Crippen LogP contribution in [0.1, 0.15) is 52.4 Å². The largest absolute Gasteiger partial charge is 0.487 e. The summed E-state index contributed by atoms with van der Waals surface area (Å²) in [5.74, 6) is -2.19. The highest BCUT2D eigenvalue weighted by atomic mass is 19.2. The van der Waals surface area contributed by atoms with Crippen molar-refractivity contribution < 1.29 is 38.0 Å². The fourth-order valence-corrected chi connectivity index (χ4v) is 4.88. The molecule has 0 unspecified atom stereocenters. The zero-order valence-electron chi connectivity index (χ0n) is 19.9. The Morgan fingerprint density at radius 1 is 1.29 bits per heavy atom. The van der Waals surface area contributed by atoms with Crippen LogP contribution in [0, 0.1) is 29.4 Å². The van der Waals surface area contributed by atoms with Crippen LogP contribution in [0.4, 0.5) is 8.78 Å². The van der Waals surface area contributed by atoms with Crippen molar-refractivity contribution in [3.05, 3.63) is 42.0 Å². The summed E-state index contributed by atoms with van der Waals surface area (Å²) < 4.78 is 43.5. The number of rotatable bonds is 10. The van der Waals surface area contributed by atoms with E-state index in [1.54, 1.807) is 6.08 Å². The van der Waals surface area contributed by atoms with Gasteiger partial charge in [0.05, 0.1) is 18.3 Å². The second-order valence-electron chi connectivity index (χ2n) is 9.61. The van der Waals surface area contributed by atoms with Crippen molar-refractivity contribution in [3.63, 3.8) is 0 Å². The molecule has 6 nitrogen and oxygen atoms in total. The van der Waals surface area contributed by atoms with Gasteiger partial charge in [0.2, 0.25) is 5.82 Å². The fourth-order valence-electron chi connectivity index (χ4n) is 4.88. The monoisotopic (exact) mass is 482 g/mol. The first-order valence-corrected chi connectivity index (χ1v) is 12.2. The molecule has 1 saturated heterocycles. The molecule has 0 amide bonds. The number of aliphatic hydroxyl groups excluding tert-OH is 2. The summed E-state index contributed by atoms with van der Waals surface area (Å²) in [5.41, 5.74) is 0. The van der Waals surface area contributed by atoms with E-state index in [4.69, 9.17) is 14.2 Å². The predicted molar refractivity (Wildman–Crippen MR) is 122 cm³/mol. The minimum absolute atomic E-state index is 0.0460. The van der Waals surface area contributed by atoms with Gasteiger partial charge < -0.3 is 24.4 Å². The van der Waals surface area contributed by atoms with Gasteiger partial charge in [0, 0.05) is 25.4 Å². The Bertz CT molecular complexity index is 830. The maximum absolute atomic E-state index is 13.7. The molecule has 8 heteroatoms. The summed E-state index contributed by atoms with van der Waals surface area (Å²) in [5, 5.41) is 20.8. The van der Waals surface area contributed by atoms with Crippen molar-refractivity contribution in [2.75, 3.05) is 13.2 Å². The molecule has 0 spiro atoms.